The van der Waals surface area contributed by atoms with Crippen molar-refractivity contribution in [3.05, 3.63) is 43.1 Å². The molecular formula is C13H14FNO. The van der Waals surface area contributed by atoms with Crippen molar-refractivity contribution in [1.82, 2.24) is 4.57 Å². The summed E-state index contributed by atoms with van der Waals surface area (Å²) < 4.78 is 20.2. The van der Waals surface area contributed by atoms with Gasteiger partial charge in [0.05, 0.1) is 13.7 Å². The van der Waals surface area contributed by atoms with Crippen LogP contribution in [0.15, 0.2) is 43.1 Å². The van der Waals surface area contributed by atoms with Crippen LogP contribution in [0.5, 0.6) is 5.75 Å². The summed E-state index contributed by atoms with van der Waals surface area (Å²) in [5, 5.41) is 1.05. The van der Waals surface area contributed by atoms with Gasteiger partial charge in [0.2, 0.25) is 0 Å². The van der Waals surface area contributed by atoms with Gasteiger partial charge in [-0.05, 0) is 24.3 Å². The van der Waals surface area contributed by atoms with E-state index in [2.05, 4.69) is 6.58 Å². The lowest BCUT2D eigenvalue weighted by Gasteiger charge is -2.07. The fourth-order valence-electron chi connectivity index (χ4n) is 1.73. The Hall–Kier alpha value is -1.77. The number of methoxy groups -OCH3 is 1. The molecule has 16 heavy (non-hydrogen) atoms. The van der Waals surface area contributed by atoms with Gasteiger partial charge < -0.3 is 9.30 Å². The molecule has 0 saturated heterocycles. The smallest absolute Gasteiger partial charge is 0.136 e. The maximum Gasteiger partial charge on any atom is 0.136 e. The number of nitrogens with zero attached hydrogens (tertiary/aromatic N) is 1. The van der Waals surface area contributed by atoms with Gasteiger partial charge in [0.1, 0.15) is 11.9 Å². The second-order valence-electron chi connectivity index (χ2n) is 3.64. The Bertz CT molecular complexity index is 504. The zero-order valence-electron chi connectivity index (χ0n) is 9.19. The number of benzene rings is 1. The molecule has 0 spiro atoms. The third-order valence-electron chi connectivity index (χ3n) is 2.61. The third kappa shape index (κ3) is 1.94. The highest BCUT2D eigenvalue weighted by atomic mass is 19.1. The molecular weight excluding hydrogens is 205 g/mol. The molecule has 0 unspecified atom stereocenters. The van der Waals surface area contributed by atoms with E-state index in [1.807, 2.05) is 35.0 Å². The minimum Gasteiger partial charge on any atom is -0.497 e. The summed E-state index contributed by atoms with van der Waals surface area (Å²) in [5.41, 5.74) is 1.00. The van der Waals surface area contributed by atoms with E-state index in [0.717, 1.165) is 16.7 Å². The molecule has 0 amide bonds. The molecule has 1 aromatic heterocycles. The molecule has 2 nitrogen and oxygen atoms in total. The summed E-state index contributed by atoms with van der Waals surface area (Å²) >= 11 is 0. The Kier molecular flexibility index (Phi) is 2.95. The number of hydrogen-bond acceptors (Lipinski definition) is 1. The van der Waals surface area contributed by atoms with Gasteiger partial charge in [0.15, 0.2) is 0 Å². The molecule has 2 rings (SSSR count). The van der Waals surface area contributed by atoms with Gasteiger partial charge in [-0.1, -0.05) is 6.08 Å². The monoisotopic (exact) mass is 219 g/mol. The number of ether oxygens (including phenoxy) is 1. The molecule has 0 fully saturated rings. The van der Waals surface area contributed by atoms with Crippen molar-refractivity contribution in [1.29, 1.82) is 0 Å². The second kappa shape index (κ2) is 4.39. The molecule has 0 radical (unpaired) electrons. The van der Waals surface area contributed by atoms with Crippen LogP contribution < -0.4 is 4.74 Å². The molecule has 2 aromatic rings. The van der Waals surface area contributed by atoms with Gasteiger partial charge in [-0.25, -0.2) is 4.39 Å². The molecule has 0 aliphatic carbocycles. The number of allylic oxidation sites excluding steroid dienone is 1. The summed E-state index contributed by atoms with van der Waals surface area (Å²) in [6, 6.07) is 7.70. The van der Waals surface area contributed by atoms with E-state index in [1.54, 1.807) is 7.11 Å². The molecule has 0 bridgehead atoms. The minimum atomic E-state index is -1.02. The summed E-state index contributed by atoms with van der Waals surface area (Å²) in [6.45, 7) is 3.75. The average molecular weight is 219 g/mol. The molecule has 1 aromatic carbocycles. The van der Waals surface area contributed by atoms with E-state index in [1.165, 1.54) is 6.08 Å². The lowest BCUT2D eigenvalue weighted by molar-refractivity contribution is 0.360. The SMILES string of the molecule is C=C[C@@H](F)Cn1ccc2cc(OC)ccc21. The predicted octanol–water partition coefficient (Wildman–Crippen LogP) is 3.17. The molecule has 1 heterocycles. The number of fused-ring (bicyclic) bond motifs is 1. The normalized spacial score (nSPS) is 12.6. The van der Waals surface area contributed by atoms with Gasteiger partial charge in [-0.15, -0.1) is 6.58 Å². The van der Waals surface area contributed by atoms with Gasteiger partial charge in [0.25, 0.3) is 0 Å². The maximum absolute atomic E-state index is 13.2. The molecule has 0 aliphatic heterocycles. The lowest BCUT2D eigenvalue weighted by Crippen LogP contribution is -2.07. The van der Waals surface area contributed by atoms with E-state index in [-0.39, 0.29) is 0 Å². The first-order chi connectivity index (χ1) is 7.74. The standard InChI is InChI=1S/C13H14FNO/c1-3-11(14)9-15-7-6-10-8-12(16-2)4-5-13(10)15/h3-8,11H,1,9H2,2H3/t11-/m1/s1. The summed E-state index contributed by atoms with van der Waals surface area (Å²) in [5.74, 6) is 0.811. The first-order valence-electron chi connectivity index (χ1n) is 5.14. The Morgan fingerprint density at radius 1 is 1.50 bits per heavy atom. The number of hydrogen-bond donors (Lipinski definition) is 0. The maximum atomic E-state index is 13.2. The zero-order chi connectivity index (χ0) is 11.5. The molecule has 1 atom stereocenters. The van der Waals surface area contributed by atoms with Crippen LogP contribution in [0.25, 0.3) is 10.9 Å². The van der Waals surface area contributed by atoms with Gasteiger partial charge >= 0.3 is 0 Å². The van der Waals surface area contributed by atoms with Crippen molar-refractivity contribution in [2.45, 2.75) is 12.7 Å². The van der Waals surface area contributed by atoms with Crippen molar-refractivity contribution >= 4 is 10.9 Å². The van der Waals surface area contributed by atoms with Gasteiger partial charge in [-0.3, -0.25) is 0 Å². The number of rotatable bonds is 4. The predicted molar refractivity (Wildman–Crippen MR) is 63.6 cm³/mol. The van der Waals surface area contributed by atoms with Gasteiger partial charge in [-0.2, -0.15) is 0 Å². The van der Waals surface area contributed by atoms with E-state index >= 15 is 0 Å². The summed E-state index contributed by atoms with van der Waals surface area (Å²) in [6.07, 6.45) is 2.17. The van der Waals surface area contributed by atoms with E-state index in [9.17, 15) is 4.39 Å². The Balaban J connectivity index is 2.37. The lowest BCUT2D eigenvalue weighted by atomic mass is 10.2. The number of halogens is 1. The van der Waals surface area contributed by atoms with Crippen LogP contribution in [0, 0.1) is 0 Å². The average Bonchev–Trinajstić information content (AvgIpc) is 2.71. The molecule has 3 heteroatoms. The highest BCUT2D eigenvalue weighted by molar-refractivity contribution is 5.81. The van der Waals surface area contributed by atoms with E-state index in [0.29, 0.717) is 6.54 Å². The molecule has 84 valence electrons. The van der Waals surface area contributed by atoms with Crippen molar-refractivity contribution in [2.75, 3.05) is 7.11 Å². The second-order valence-corrected chi connectivity index (χ2v) is 3.64. The first-order valence-corrected chi connectivity index (χ1v) is 5.14. The largest absolute Gasteiger partial charge is 0.497 e. The molecule has 0 aliphatic rings. The van der Waals surface area contributed by atoms with Crippen LogP contribution in [-0.4, -0.2) is 17.8 Å². The van der Waals surface area contributed by atoms with E-state index in [4.69, 9.17) is 4.74 Å². The van der Waals surface area contributed by atoms with Crippen LogP contribution in [0.3, 0.4) is 0 Å². The van der Waals surface area contributed by atoms with Crippen molar-refractivity contribution in [2.24, 2.45) is 0 Å². The van der Waals surface area contributed by atoms with E-state index < -0.39 is 6.17 Å². The summed E-state index contributed by atoms with van der Waals surface area (Å²) in [7, 11) is 1.63. The van der Waals surface area contributed by atoms with Crippen LogP contribution in [-0.2, 0) is 6.54 Å². The fourth-order valence-corrected chi connectivity index (χ4v) is 1.73. The van der Waals surface area contributed by atoms with Crippen LogP contribution >= 0.6 is 0 Å². The molecule has 0 N–H and O–H groups in total. The summed E-state index contributed by atoms with van der Waals surface area (Å²) in [4.78, 5) is 0. The fraction of sp³-hybridized carbons (Fsp3) is 0.231. The first kappa shape index (κ1) is 10.7. The highest BCUT2D eigenvalue weighted by Crippen LogP contribution is 2.22. The quantitative estimate of drug-likeness (QED) is 0.720. The number of aromatic nitrogens is 1. The topological polar surface area (TPSA) is 14.2 Å². The van der Waals surface area contributed by atoms with Crippen molar-refractivity contribution in [3.63, 3.8) is 0 Å². The van der Waals surface area contributed by atoms with Crippen molar-refractivity contribution in [3.8, 4) is 5.75 Å². The third-order valence-corrected chi connectivity index (χ3v) is 2.61. The van der Waals surface area contributed by atoms with Crippen LogP contribution in [0.2, 0.25) is 0 Å². The van der Waals surface area contributed by atoms with Crippen molar-refractivity contribution < 1.29 is 9.13 Å². The Morgan fingerprint density at radius 3 is 3.00 bits per heavy atom. The van der Waals surface area contributed by atoms with Gasteiger partial charge in [0, 0.05) is 17.1 Å². The zero-order valence-corrected chi connectivity index (χ0v) is 9.19. The highest BCUT2D eigenvalue weighted by Gasteiger charge is 2.06. The van der Waals surface area contributed by atoms with Crippen LogP contribution in [0.1, 0.15) is 0 Å². The Labute approximate surface area is 93.9 Å². The van der Waals surface area contributed by atoms with Crippen LogP contribution in [0.4, 0.5) is 4.39 Å². The number of alkyl halides is 1. The Morgan fingerprint density at radius 2 is 2.31 bits per heavy atom. The minimum absolute atomic E-state index is 0.305. The molecule has 0 saturated carbocycles.